The molecule has 0 N–H and O–H groups in total. The van der Waals surface area contributed by atoms with Gasteiger partial charge in [-0.25, -0.2) is 0 Å². The van der Waals surface area contributed by atoms with Crippen molar-refractivity contribution in [3.8, 4) is 0 Å². The minimum absolute atomic E-state index is 0.00736. The van der Waals surface area contributed by atoms with E-state index < -0.39 is 0 Å². The summed E-state index contributed by atoms with van der Waals surface area (Å²) in [4.78, 5) is 13.8. The highest BCUT2D eigenvalue weighted by atomic mass is 16.6. The molecule has 0 aliphatic carbocycles. The zero-order valence-electron chi connectivity index (χ0n) is 9.03. The van der Waals surface area contributed by atoms with Crippen LogP contribution in [0.25, 0.3) is 0 Å². The van der Waals surface area contributed by atoms with E-state index in [2.05, 4.69) is 11.8 Å². The van der Waals surface area contributed by atoms with Gasteiger partial charge in [0, 0.05) is 6.42 Å². The number of nitrogens with zero attached hydrogens (tertiary/aromatic N) is 1. The average molecular weight is 197 g/mol. The first-order valence-electron chi connectivity index (χ1n) is 5.61. The molecule has 0 unspecified atom stereocenters. The van der Waals surface area contributed by atoms with Gasteiger partial charge in [-0.1, -0.05) is 6.92 Å². The first-order valence-corrected chi connectivity index (χ1v) is 5.61. The van der Waals surface area contributed by atoms with E-state index in [1.54, 1.807) is 0 Å². The Labute approximate surface area is 85.4 Å². The number of carbonyl (C=O) groups excluding carboxylic acids is 1. The minimum atomic E-state index is -0.00736. The number of hydrogen-bond donors (Lipinski definition) is 0. The van der Waals surface area contributed by atoms with Gasteiger partial charge in [0.15, 0.2) is 0 Å². The van der Waals surface area contributed by atoms with Crippen molar-refractivity contribution in [3.63, 3.8) is 0 Å². The van der Waals surface area contributed by atoms with Crippen LogP contribution in [0.2, 0.25) is 0 Å². The quantitative estimate of drug-likeness (QED) is 0.595. The summed E-state index contributed by atoms with van der Waals surface area (Å²) in [7, 11) is 0. The third-order valence-electron chi connectivity index (χ3n) is 3.40. The lowest BCUT2D eigenvalue weighted by atomic mass is 9.97. The van der Waals surface area contributed by atoms with Gasteiger partial charge < -0.3 is 4.74 Å². The summed E-state index contributed by atoms with van der Waals surface area (Å²) in [6.45, 7) is 6.39. The van der Waals surface area contributed by atoms with Gasteiger partial charge >= 0.3 is 5.97 Å². The highest BCUT2D eigenvalue weighted by molar-refractivity contribution is 5.77. The van der Waals surface area contributed by atoms with Crippen molar-refractivity contribution in [2.75, 3.05) is 13.1 Å². The lowest BCUT2D eigenvalue weighted by Gasteiger charge is -2.32. The second-order valence-corrected chi connectivity index (χ2v) is 4.72. The molecule has 0 radical (unpaired) electrons. The molecular formula is C11H19NO2. The fourth-order valence-corrected chi connectivity index (χ4v) is 2.37. The molecule has 14 heavy (non-hydrogen) atoms. The van der Waals surface area contributed by atoms with Crippen LogP contribution in [0.4, 0.5) is 0 Å². The van der Waals surface area contributed by atoms with E-state index >= 15 is 0 Å². The predicted octanol–water partition coefficient (Wildman–Crippen LogP) is 1.42. The van der Waals surface area contributed by atoms with Gasteiger partial charge in [0.25, 0.3) is 0 Å². The molecule has 80 valence electrons. The van der Waals surface area contributed by atoms with E-state index in [-0.39, 0.29) is 18.1 Å². The molecule has 0 amide bonds. The van der Waals surface area contributed by atoms with Crippen LogP contribution in [-0.4, -0.2) is 36.1 Å². The van der Waals surface area contributed by atoms with Gasteiger partial charge in [0.1, 0.15) is 12.1 Å². The van der Waals surface area contributed by atoms with Gasteiger partial charge in [-0.2, -0.15) is 0 Å². The number of esters is 1. The second kappa shape index (κ2) is 3.89. The van der Waals surface area contributed by atoms with Crippen LogP contribution in [0, 0.1) is 5.92 Å². The van der Waals surface area contributed by atoms with E-state index in [9.17, 15) is 4.79 Å². The molecule has 2 aliphatic rings. The van der Waals surface area contributed by atoms with Crippen LogP contribution >= 0.6 is 0 Å². The standard InChI is InChI=1S/C11H19NO2/c1-8-3-5-12(6-4-8)10-7-9(2)14-11(10)13/h8-10H,3-7H2,1-2H3/t9-,10-/m0/s1. The van der Waals surface area contributed by atoms with Crippen molar-refractivity contribution in [3.05, 3.63) is 0 Å². The Kier molecular flexibility index (Phi) is 2.77. The molecule has 0 spiro atoms. The van der Waals surface area contributed by atoms with Crippen molar-refractivity contribution in [1.82, 2.24) is 4.90 Å². The fraction of sp³-hybridized carbons (Fsp3) is 0.909. The SMILES string of the molecule is CC1CCN([C@H]2C[C@H](C)OC2=O)CC1. The Balaban J connectivity index is 1.92. The van der Waals surface area contributed by atoms with E-state index in [1.165, 1.54) is 12.8 Å². The van der Waals surface area contributed by atoms with Gasteiger partial charge in [-0.15, -0.1) is 0 Å². The van der Waals surface area contributed by atoms with Crippen LogP contribution in [-0.2, 0) is 9.53 Å². The summed E-state index contributed by atoms with van der Waals surface area (Å²) in [6, 6.07) is 0.0532. The maximum Gasteiger partial charge on any atom is 0.323 e. The summed E-state index contributed by atoms with van der Waals surface area (Å²) in [5.74, 6) is 0.813. The molecule has 2 saturated heterocycles. The predicted molar refractivity (Wildman–Crippen MR) is 53.9 cm³/mol. The molecule has 2 aliphatic heterocycles. The lowest BCUT2D eigenvalue weighted by Crippen LogP contribution is -2.43. The average Bonchev–Trinajstić information content (AvgIpc) is 2.47. The highest BCUT2D eigenvalue weighted by Gasteiger charge is 2.37. The van der Waals surface area contributed by atoms with Crippen LogP contribution in [0.3, 0.4) is 0 Å². The van der Waals surface area contributed by atoms with E-state index in [0.29, 0.717) is 0 Å². The van der Waals surface area contributed by atoms with Gasteiger partial charge in [-0.05, 0) is 38.8 Å². The van der Waals surface area contributed by atoms with Crippen LogP contribution in [0.1, 0.15) is 33.1 Å². The van der Waals surface area contributed by atoms with Crippen LogP contribution in [0.5, 0.6) is 0 Å². The summed E-state index contributed by atoms with van der Waals surface area (Å²) in [6.07, 6.45) is 3.44. The Morgan fingerprint density at radius 3 is 2.43 bits per heavy atom. The normalized spacial score (nSPS) is 36.0. The van der Waals surface area contributed by atoms with E-state index in [1.807, 2.05) is 6.92 Å². The molecule has 0 aromatic heterocycles. The zero-order valence-corrected chi connectivity index (χ0v) is 9.03. The maximum absolute atomic E-state index is 11.5. The number of piperidine rings is 1. The molecule has 3 heteroatoms. The number of rotatable bonds is 1. The molecule has 0 aromatic rings. The number of ether oxygens (including phenoxy) is 1. The largest absolute Gasteiger partial charge is 0.461 e. The number of cyclic esters (lactones) is 1. The Bertz CT molecular complexity index is 221. The van der Waals surface area contributed by atoms with E-state index in [0.717, 1.165) is 25.4 Å². The monoisotopic (exact) mass is 197 g/mol. The Morgan fingerprint density at radius 1 is 1.29 bits per heavy atom. The van der Waals surface area contributed by atoms with Crippen LogP contribution < -0.4 is 0 Å². The zero-order chi connectivity index (χ0) is 10.1. The number of carbonyl (C=O) groups is 1. The van der Waals surface area contributed by atoms with Crippen molar-refractivity contribution in [2.24, 2.45) is 5.92 Å². The number of hydrogen-bond acceptors (Lipinski definition) is 3. The number of likely N-dealkylation sites (tertiary alicyclic amines) is 1. The Morgan fingerprint density at radius 2 is 1.93 bits per heavy atom. The van der Waals surface area contributed by atoms with Crippen LogP contribution in [0.15, 0.2) is 0 Å². The molecule has 0 saturated carbocycles. The molecule has 2 fully saturated rings. The highest BCUT2D eigenvalue weighted by Crippen LogP contribution is 2.24. The minimum Gasteiger partial charge on any atom is -0.461 e. The maximum atomic E-state index is 11.5. The molecule has 2 rings (SSSR count). The third kappa shape index (κ3) is 1.92. The Hall–Kier alpha value is -0.570. The van der Waals surface area contributed by atoms with Crippen molar-refractivity contribution >= 4 is 5.97 Å². The smallest absolute Gasteiger partial charge is 0.323 e. The van der Waals surface area contributed by atoms with Gasteiger partial charge in [0.2, 0.25) is 0 Å². The molecule has 0 aromatic carbocycles. The first-order chi connectivity index (χ1) is 6.66. The molecule has 3 nitrogen and oxygen atoms in total. The van der Waals surface area contributed by atoms with Gasteiger partial charge in [-0.3, -0.25) is 9.69 Å². The summed E-state index contributed by atoms with van der Waals surface area (Å²) >= 11 is 0. The second-order valence-electron chi connectivity index (χ2n) is 4.72. The molecular weight excluding hydrogens is 178 g/mol. The summed E-state index contributed by atoms with van der Waals surface area (Å²) in [5, 5.41) is 0. The fourth-order valence-electron chi connectivity index (χ4n) is 2.37. The third-order valence-corrected chi connectivity index (χ3v) is 3.40. The molecule has 2 heterocycles. The molecule has 2 atom stereocenters. The molecule has 0 bridgehead atoms. The summed E-state index contributed by atoms with van der Waals surface area (Å²) < 4.78 is 5.17. The van der Waals surface area contributed by atoms with E-state index in [4.69, 9.17) is 4.74 Å². The van der Waals surface area contributed by atoms with Crippen molar-refractivity contribution < 1.29 is 9.53 Å². The lowest BCUT2D eigenvalue weighted by molar-refractivity contribution is -0.145. The summed E-state index contributed by atoms with van der Waals surface area (Å²) in [5.41, 5.74) is 0. The van der Waals surface area contributed by atoms with Crippen molar-refractivity contribution in [2.45, 2.75) is 45.3 Å². The van der Waals surface area contributed by atoms with Gasteiger partial charge in [0.05, 0.1) is 0 Å². The topological polar surface area (TPSA) is 29.5 Å². The van der Waals surface area contributed by atoms with Crippen molar-refractivity contribution in [1.29, 1.82) is 0 Å². The first kappa shape index (κ1) is 9.97.